The first kappa shape index (κ1) is 33.4. The molecule has 11 aromatic rings. The van der Waals surface area contributed by atoms with Crippen LogP contribution in [0.1, 0.15) is 0 Å². The minimum absolute atomic E-state index is 0.617. The third-order valence-electron chi connectivity index (χ3n) is 10.9. The molecular weight excluding hydrogens is 709 g/mol. The maximum absolute atomic E-state index is 6.67. The molecule has 5 nitrogen and oxygen atoms in total. The van der Waals surface area contributed by atoms with Crippen LogP contribution in [0.4, 0.5) is 17.1 Å². The van der Waals surface area contributed by atoms with Crippen LogP contribution in [0.2, 0.25) is 0 Å². The van der Waals surface area contributed by atoms with E-state index in [2.05, 4.69) is 157 Å². The summed E-state index contributed by atoms with van der Waals surface area (Å²) in [7, 11) is 0. The fourth-order valence-corrected chi connectivity index (χ4v) is 8.18. The fraction of sp³-hybridized carbons (Fsp3) is 0. The van der Waals surface area contributed by atoms with Crippen LogP contribution in [0, 0.1) is 0 Å². The van der Waals surface area contributed by atoms with Gasteiger partial charge in [0.2, 0.25) is 0 Å². The Morgan fingerprint density at radius 3 is 1.60 bits per heavy atom. The van der Waals surface area contributed by atoms with Gasteiger partial charge in [-0.1, -0.05) is 152 Å². The van der Waals surface area contributed by atoms with E-state index in [4.69, 9.17) is 19.4 Å². The van der Waals surface area contributed by atoms with Gasteiger partial charge >= 0.3 is 0 Å². The Hall–Kier alpha value is -7.89. The number of hydrogen-bond acceptors (Lipinski definition) is 5. The van der Waals surface area contributed by atoms with Gasteiger partial charge in [0.1, 0.15) is 11.2 Å². The summed E-state index contributed by atoms with van der Waals surface area (Å²) in [4.78, 5) is 17.7. The van der Waals surface area contributed by atoms with Crippen molar-refractivity contribution in [1.82, 2.24) is 15.0 Å². The summed E-state index contributed by atoms with van der Waals surface area (Å²) < 4.78 is 6.67. The SMILES string of the molecule is c1ccc(-c2nc(-c3ccc4ccccc4c3)nc(-c3ccc(-c4cc(N(c5ccccc5)c5ccccc5)cc5oc6ccccc6c45)c4ccccc34)n2)cc1. The molecule has 2 heterocycles. The standard InChI is InChI=1S/C53H34N4O/c1-4-17-36(18-5-1)51-54-52(38-29-28-35-16-10-11-19-37(35)32-38)56-53(55-51)45-31-30-44(42-24-12-13-25-43(42)45)47-33-41(34-49-50(47)46-26-14-15-27-48(46)58-49)57(39-20-6-2-7-21-39)40-22-8-3-9-23-40/h1-34H. The molecule has 0 spiro atoms. The zero-order valence-electron chi connectivity index (χ0n) is 31.3. The van der Waals surface area contributed by atoms with E-state index >= 15 is 0 Å². The van der Waals surface area contributed by atoms with Crippen molar-refractivity contribution < 1.29 is 4.42 Å². The first-order valence-corrected chi connectivity index (χ1v) is 19.4. The Kier molecular flexibility index (Phi) is 8.07. The zero-order valence-corrected chi connectivity index (χ0v) is 31.3. The third kappa shape index (κ3) is 5.85. The lowest BCUT2D eigenvalue weighted by Crippen LogP contribution is -2.09. The van der Waals surface area contributed by atoms with Crippen molar-refractivity contribution >= 4 is 60.5 Å². The highest BCUT2D eigenvalue weighted by atomic mass is 16.3. The lowest BCUT2D eigenvalue weighted by atomic mass is 9.91. The molecule has 0 amide bonds. The molecule has 0 N–H and O–H groups in total. The third-order valence-corrected chi connectivity index (χ3v) is 10.9. The largest absolute Gasteiger partial charge is 0.456 e. The Morgan fingerprint density at radius 2 is 0.879 bits per heavy atom. The predicted molar refractivity (Wildman–Crippen MR) is 239 cm³/mol. The molecule has 0 unspecified atom stereocenters. The highest BCUT2D eigenvalue weighted by molar-refractivity contribution is 6.17. The molecule has 0 bridgehead atoms. The normalized spacial score (nSPS) is 11.4. The quantitative estimate of drug-likeness (QED) is 0.163. The van der Waals surface area contributed by atoms with Crippen molar-refractivity contribution in [2.45, 2.75) is 0 Å². The first-order valence-electron chi connectivity index (χ1n) is 19.4. The van der Waals surface area contributed by atoms with E-state index < -0.39 is 0 Å². The molecule has 0 radical (unpaired) electrons. The number of benzene rings is 9. The number of aromatic nitrogens is 3. The minimum Gasteiger partial charge on any atom is -0.456 e. The predicted octanol–water partition coefficient (Wildman–Crippen LogP) is 14.2. The van der Waals surface area contributed by atoms with E-state index in [9.17, 15) is 0 Å². The highest BCUT2D eigenvalue weighted by Crippen LogP contribution is 2.46. The zero-order chi connectivity index (χ0) is 38.4. The molecule has 0 fully saturated rings. The van der Waals surface area contributed by atoms with E-state index in [-0.39, 0.29) is 0 Å². The Balaban J connectivity index is 1.15. The van der Waals surface area contributed by atoms with Gasteiger partial charge in [0.05, 0.1) is 5.69 Å². The van der Waals surface area contributed by atoms with E-state index in [1.54, 1.807) is 0 Å². The van der Waals surface area contributed by atoms with Gasteiger partial charge in [-0.2, -0.15) is 0 Å². The maximum Gasteiger partial charge on any atom is 0.164 e. The molecule has 2 aromatic heterocycles. The summed E-state index contributed by atoms with van der Waals surface area (Å²) in [6.45, 7) is 0. The van der Waals surface area contributed by atoms with Gasteiger partial charge in [-0.25, -0.2) is 15.0 Å². The molecule has 0 saturated heterocycles. The van der Waals surface area contributed by atoms with E-state index in [1.165, 1.54) is 5.39 Å². The lowest BCUT2D eigenvalue weighted by molar-refractivity contribution is 0.669. The van der Waals surface area contributed by atoms with Crippen molar-refractivity contribution in [2.75, 3.05) is 4.90 Å². The van der Waals surface area contributed by atoms with Crippen LogP contribution >= 0.6 is 0 Å². The maximum atomic E-state index is 6.67. The van der Waals surface area contributed by atoms with Gasteiger partial charge in [-0.15, -0.1) is 0 Å². The summed E-state index contributed by atoms with van der Waals surface area (Å²) in [5, 5.41) is 6.58. The van der Waals surface area contributed by atoms with Crippen molar-refractivity contribution in [3.8, 4) is 45.3 Å². The van der Waals surface area contributed by atoms with Gasteiger partial charge < -0.3 is 9.32 Å². The summed E-state index contributed by atoms with van der Waals surface area (Å²) in [5.41, 5.74) is 9.75. The monoisotopic (exact) mass is 742 g/mol. The van der Waals surface area contributed by atoms with Crippen LogP contribution in [0.15, 0.2) is 211 Å². The summed E-state index contributed by atoms with van der Waals surface area (Å²) in [6.07, 6.45) is 0. The summed E-state index contributed by atoms with van der Waals surface area (Å²) >= 11 is 0. The topological polar surface area (TPSA) is 55.1 Å². The molecular formula is C53H34N4O. The molecule has 272 valence electrons. The Labute approximate surface area is 335 Å². The average molecular weight is 743 g/mol. The number of fused-ring (bicyclic) bond motifs is 5. The van der Waals surface area contributed by atoms with E-state index in [0.29, 0.717) is 17.5 Å². The molecule has 0 aliphatic rings. The average Bonchev–Trinajstić information content (AvgIpc) is 3.68. The van der Waals surface area contributed by atoms with Crippen LogP contribution in [0.3, 0.4) is 0 Å². The van der Waals surface area contributed by atoms with Gasteiger partial charge in [0.15, 0.2) is 17.5 Å². The van der Waals surface area contributed by atoms with Crippen LogP contribution in [0.25, 0.3) is 88.8 Å². The molecule has 0 aliphatic carbocycles. The highest BCUT2D eigenvalue weighted by Gasteiger charge is 2.22. The van der Waals surface area contributed by atoms with Crippen molar-refractivity contribution in [3.05, 3.63) is 206 Å². The molecule has 9 aromatic carbocycles. The summed E-state index contributed by atoms with van der Waals surface area (Å²) in [5.74, 6) is 1.87. The number of rotatable bonds is 7. The molecule has 58 heavy (non-hydrogen) atoms. The van der Waals surface area contributed by atoms with Crippen molar-refractivity contribution in [3.63, 3.8) is 0 Å². The molecule has 11 rings (SSSR count). The van der Waals surface area contributed by atoms with Crippen LogP contribution in [-0.4, -0.2) is 15.0 Å². The molecule has 0 aliphatic heterocycles. The van der Waals surface area contributed by atoms with Gasteiger partial charge in [0.25, 0.3) is 0 Å². The number of anilines is 3. The Morgan fingerprint density at radius 1 is 0.328 bits per heavy atom. The summed E-state index contributed by atoms with van der Waals surface area (Å²) in [6, 6.07) is 71.6. The number of para-hydroxylation sites is 3. The number of furan rings is 1. The number of hydrogen-bond donors (Lipinski definition) is 0. The number of nitrogens with zero attached hydrogens (tertiary/aromatic N) is 4. The van der Waals surface area contributed by atoms with Crippen LogP contribution < -0.4 is 4.90 Å². The minimum atomic E-state index is 0.617. The smallest absolute Gasteiger partial charge is 0.164 e. The molecule has 0 saturated carbocycles. The van der Waals surface area contributed by atoms with Crippen molar-refractivity contribution in [1.29, 1.82) is 0 Å². The van der Waals surface area contributed by atoms with Gasteiger partial charge in [-0.05, 0) is 81.2 Å². The Bertz CT molecular complexity index is 3250. The second-order valence-corrected chi connectivity index (χ2v) is 14.4. The van der Waals surface area contributed by atoms with Crippen molar-refractivity contribution in [2.24, 2.45) is 0 Å². The van der Waals surface area contributed by atoms with Crippen LogP contribution in [0.5, 0.6) is 0 Å². The molecule has 0 atom stereocenters. The van der Waals surface area contributed by atoms with Gasteiger partial charge in [-0.3, -0.25) is 0 Å². The molecule has 5 heteroatoms. The van der Waals surface area contributed by atoms with Gasteiger partial charge in [0, 0.05) is 44.9 Å². The second kappa shape index (κ2) is 14.0. The van der Waals surface area contributed by atoms with E-state index in [1.807, 2.05) is 54.6 Å². The fourth-order valence-electron chi connectivity index (χ4n) is 8.18. The second-order valence-electron chi connectivity index (χ2n) is 14.4. The van der Waals surface area contributed by atoms with E-state index in [0.717, 1.165) is 83.0 Å². The lowest BCUT2D eigenvalue weighted by Gasteiger charge is -2.26. The first-order chi connectivity index (χ1) is 28.7. The van der Waals surface area contributed by atoms with Crippen LogP contribution in [-0.2, 0) is 0 Å².